The van der Waals surface area contributed by atoms with E-state index in [0.717, 1.165) is 5.56 Å². The van der Waals surface area contributed by atoms with Gasteiger partial charge in [0.2, 0.25) is 17.7 Å². The predicted octanol–water partition coefficient (Wildman–Crippen LogP) is -1.47. The van der Waals surface area contributed by atoms with Gasteiger partial charge in [0.1, 0.15) is 17.8 Å². The number of aliphatic carboxylic acids is 1. The standard InChI is InChI=1S/C23H37N7O6/c1-3-13(2)19(30-20(33)16(24)11-14-6-8-15(31)9-7-14)21(34)28-12-18(32)29-17(22(35)36)5-4-10-27-23(25)26/h6-9,13,16-17,19,31H,3-5,10-12,24H2,1-2H3,(H,28,34)(H,29,32)(H,30,33)(H,35,36)(H4,25,26,27). The maximum absolute atomic E-state index is 12.8. The number of carbonyl (C=O) groups is 4. The summed E-state index contributed by atoms with van der Waals surface area (Å²) in [6.45, 7) is 3.36. The van der Waals surface area contributed by atoms with Gasteiger partial charge in [-0.05, 0) is 42.9 Å². The number of hydrogen-bond donors (Lipinski definition) is 8. The number of nitrogens with two attached hydrogens (primary N) is 3. The molecule has 3 amide bonds. The van der Waals surface area contributed by atoms with E-state index in [-0.39, 0.29) is 37.0 Å². The van der Waals surface area contributed by atoms with Crippen molar-refractivity contribution in [2.45, 2.75) is 57.7 Å². The molecular formula is C23H37N7O6. The second-order valence-corrected chi connectivity index (χ2v) is 8.47. The molecule has 4 unspecified atom stereocenters. The highest BCUT2D eigenvalue weighted by Crippen LogP contribution is 2.12. The molecular weight excluding hydrogens is 470 g/mol. The first-order valence-electron chi connectivity index (χ1n) is 11.6. The highest BCUT2D eigenvalue weighted by molar-refractivity contribution is 5.92. The number of rotatable bonds is 15. The summed E-state index contributed by atoms with van der Waals surface area (Å²) in [5.74, 6) is -3.35. The lowest BCUT2D eigenvalue weighted by Crippen LogP contribution is -2.56. The van der Waals surface area contributed by atoms with Gasteiger partial charge in [0.15, 0.2) is 5.96 Å². The maximum atomic E-state index is 12.8. The molecule has 0 saturated heterocycles. The second-order valence-electron chi connectivity index (χ2n) is 8.47. The van der Waals surface area contributed by atoms with Crippen molar-refractivity contribution in [1.82, 2.24) is 16.0 Å². The largest absolute Gasteiger partial charge is 0.508 e. The first-order chi connectivity index (χ1) is 16.9. The number of phenols is 1. The quantitative estimate of drug-likeness (QED) is 0.0784. The number of benzene rings is 1. The fourth-order valence-electron chi connectivity index (χ4n) is 3.22. The molecule has 13 heteroatoms. The second kappa shape index (κ2) is 15.2. The summed E-state index contributed by atoms with van der Waals surface area (Å²) in [5.41, 5.74) is 17.2. The molecule has 200 valence electrons. The van der Waals surface area contributed by atoms with Crippen LogP contribution in [0, 0.1) is 5.92 Å². The van der Waals surface area contributed by atoms with Crippen LogP contribution in [0.2, 0.25) is 0 Å². The number of nitrogens with one attached hydrogen (secondary N) is 3. The summed E-state index contributed by atoms with van der Waals surface area (Å²) in [6, 6.07) is 3.20. The number of carboxylic acid groups (broad SMARTS) is 1. The Morgan fingerprint density at radius 3 is 2.25 bits per heavy atom. The summed E-state index contributed by atoms with van der Waals surface area (Å²) >= 11 is 0. The van der Waals surface area contributed by atoms with E-state index < -0.39 is 48.4 Å². The van der Waals surface area contributed by atoms with Gasteiger partial charge < -0.3 is 43.4 Å². The first-order valence-corrected chi connectivity index (χ1v) is 11.6. The number of phenolic OH excluding ortho intramolecular Hbond substituents is 1. The van der Waals surface area contributed by atoms with Crippen LogP contribution < -0.4 is 33.2 Å². The normalized spacial score (nSPS) is 14.0. The van der Waals surface area contributed by atoms with Crippen LogP contribution in [-0.4, -0.2) is 71.1 Å². The van der Waals surface area contributed by atoms with Gasteiger partial charge in [-0.15, -0.1) is 0 Å². The van der Waals surface area contributed by atoms with Crippen molar-refractivity contribution >= 4 is 29.7 Å². The topological polar surface area (TPSA) is 235 Å². The molecule has 1 aromatic carbocycles. The van der Waals surface area contributed by atoms with Crippen molar-refractivity contribution in [2.24, 2.45) is 28.1 Å². The Labute approximate surface area is 209 Å². The predicted molar refractivity (Wildman–Crippen MR) is 134 cm³/mol. The van der Waals surface area contributed by atoms with Crippen LogP contribution in [0.25, 0.3) is 0 Å². The summed E-state index contributed by atoms with van der Waals surface area (Å²) in [7, 11) is 0. The van der Waals surface area contributed by atoms with Gasteiger partial charge in [-0.25, -0.2) is 4.79 Å². The Morgan fingerprint density at radius 2 is 1.69 bits per heavy atom. The molecule has 0 aliphatic heterocycles. The molecule has 0 bridgehead atoms. The highest BCUT2D eigenvalue weighted by atomic mass is 16.4. The van der Waals surface area contributed by atoms with Gasteiger partial charge in [-0.1, -0.05) is 32.4 Å². The summed E-state index contributed by atoms with van der Waals surface area (Å²) < 4.78 is 0. The molecule has 0 aliphatic rings. The summed E-state index contributed by atoms with van der Waals surface area (Å²) in [6.07, 6.45) is 1.18. The van der Waals surface area contributed by atoms with E-state index in [1.807, 2.05) is 6.92 Å². The molecule has 0 saturated carbocycles. The number of carbonyl (C=O) groups excluding carboxylic acids is 3. The minimum atomic E-state index is -1.23. The van der Waals surface area contributed by atoms with Gasteiger partial charge in [0, 0.05) is 6.54 Å². The van der Waals surface area contributed by atoms with Crippen molar-refractivity contribution in [2.75, 3.05) is 13.1 Å². The smallest absolute Gasteiger partial charge is 0.326 e. The lowest BCUT2D eigenvalue weighted by atomic mass is 9.97. The van der Waals surface area contributed by atoms with Crippen LogP contribution in [0.4, 0.5) is 0 Å². The van der Waals surface area contributed by atoms with E-state index in [0.29, 0.717) is 12.8 Å². The Kier molecular flexibility index (Phi) is 12.7. The molecule has 1 aromatic rings. The van der Waals surface area contributed by atoms with E-state index in [1.165, 1.54) is 12.1 Å². The van der Waals surface area contributed by atoms with Gasteiger partial charge in [-0.2, -0.15) is 0 Å². The molecule has 0 heterocycles. The minimum absolute atomic E-state index is 0.0925. The third-order valence-electron chi connectivity index (χ3n) is 5.52. The minimum Gasteiger partial charge on any atom is -0.508 e. The monoisotopic (exact) mass is 507 g/mol. The lowest BCUT2D eigenvalue weighted by molar-refractivity contribution is -0.142. The van der Waals surface area contributed by atoms with Crippen LogP contribution in [0.3, 0.4) is 0 Å². The van der Waals surface area contributed by atoms with Gasteiger partial charge in [0.25, 0.3) is 0 Å². The fraction of sp³-hybridized carbons (Fsp3) is 0.522. The van der Waals surface area contributed by atoms with Gasteiger partial charge in [-0.3, -0.25) is 19.4 Å². The average molecular weight is 508 g/mol. The number of nitrogens with zero attached hydrogens (tertiary/aromatic N) is 1. The molecule has 0 fully saturated rings. The Morgan fingerprint density at radius 1 is 1.06 bits per heavy atom. The average Bonchev–Trinajstić information content (AvgIpc) is 2.83. The first kappa shape index (κ1) is 30.2. The van der Waals surface area contributed by atoms with Crippen molar-refractivity contribution in [3.63, 3.8) is 0 Å². The number of guanidine groups is 1. The van der Waals surface area contributed by atoms with E-state index >= 15 is 0 Å². The molecule has 36 heavy (non-hydrogen) atoms. The molecule has 13 nitrogen and oxygen atoms in total. The zero-order chi connectivity index (χ0) is 27.3. The van der Waals surface area contributed by atoms with E-state index in [2.05, 4.69) is 20.9 Å². The van der Waals surface area contributed by atoms with Crippen LogP contribution in [0.1, 0.15) is 38.7 Å². The number of aliphatic imine (C=N–C) groups is 1. The third kappa shape index (κ3) is 11.0. The number of amides is 3. The summed E-state index contributed by atoms with van der Waals surface area (Å²) in [4.78, 5) is 52.8. The van der Waals surface area contributed by atoms with Crippen molar-refractivity contribution in [3.05, 3.63) is 29.8 Å². The van der Waals surface area contributed by atoms with Crippen molar-refractivity contribution in [1.29, 1.82) is 0 Å². The Bertz CT molecular complexity index is 918. The van der Waals surface area contributed by atoms with Crippen LogP contribution >= 0.6 is 0 Å². The zero-order valence-electron chi connectivity index (χ0n) is 20.6. The molecule has 11 N–H and O–H groups in total. The third-order valence-corrected chi connectivity index (χ3v) is 5.52. The molecule has 0 spiro atoms. The molecule has 4 atom stereocenters. The van der Waals surface area contributed by atoms with E-state index in [4.69, 9.17) is 17.2 Å². The Balaban J connectivity index is 2.66. The highest BCUT2D eigenvalue weighted by Gasteiger charge is 2.28. The maximum Gasteiger partial charge on any atom is 0.326 e. The summed E-state index contributed by atoms with van der Waals surface area (Å²) in [5, 5.41) is 26.1. The molecule has 1 rings (SSSR count). The van der Waals surface area contributed by atoms with E-state index in [9.17, 15) is 29.4 Å². The van der Waals surface area contributed by atoms with Crippen molar-refractivity contribution < 1.29 is 29.4 Å². The SMILES string of the molecule is CCC(C)C(NC(=O)C(N)Cc1ccc(O)cc1)C(=O)NCC(=O)NC(CCCN=C(N)N)C(=O)O. The van der Waals surface area contributed by atoms with E-state index in [1.54, 1.807) is 19.1 Å². The number of carboxylic acids is 1. The molecule has 0 aromatic heterocycles. The molecule has 0 radical (unpaired) electrons. The molecule has 0 aliphatic carbocycles. The van der Waals surface area contributed by atoms with Crippen molar-refractivity contribution in [3.8, 4) is 5.75 Å². The van der Waals surface area contributed by atoms with Crippen LogP contribution in [-0.2, 0) is 25.6 Å². The van der Waals surface area contributed by atoms with Crippen LogP contribution in [0.15, 0.2) is 29.3 Å². The lowest BCUT2D eigenvalue weighted by Gasteiger charge is -2.25. The fourth-order valence-corrected chi connectivity index (χ4v) is 3.22. The van der Waals surface area contributed by atoms with Crippen LogP contribution in [0.5, 0.6) is 5.75 Å². The van der Waals surface area contributed by atoms with Gasteiger partial charge >= 0.3 is 5.97 Å². The number of hydrogen-bond acceptors (Lipinski definition) is 7. The van der Waals surface area contributed by atoms with Gasteiger partial charge in [0.05, 0.1) is 12.6 Å². The zero-order valence-corrected chi connectivity index (χ0v) is 20.6. The Hall–Kier alpha value is -3.87. The number of aromatic hydroxyl groups is 1.